The molecule has 0 bridgehead atoms. The van der Waals surface area contributed by atoms with Gasteiger partial charge in [-0.25, -0.2) is 0 Å². The summed E-state index contributed by atoms with van der Waals surface area (Å²) in [5.74, 6) is 0. The van der Waals surface area contributed by atoms with Crippen molar-refractivity contribution in [2.75, 3.05) is 6.66 Å². The molecule has 0 fully saturated rings. The van der Waals surface area contributed by atoms with Crippen molar-refractivity contribution in [2.45, 2.75) is 0 Å². The van der Waals surface area contributed by atoms with Gasteiger partial charge in [-0.15, -0.1) is 0 Å². The van der Waals surface area contributed by atoms with E-state index >= 15 is 0 Å². The first kappa shape index (κ1) is 5.78. The minimum atomic E-state index is 1.35. The molecule has 1 rings (SSSR count). The second kappa shape index (κ2) is 2.84. The summed E-state index contributed by atoms with van der Waals surface area (Å²) >= 11 is 0. The quantitative estimate of drug-likeness (QED) is 0.500. The first-order chi connectivity index (χ1) is 3.93. The first-order valence-electron chi connectivity index (χ1n) is 2.58. The third-order valence-electron chi connectivity index (χ3n) is 1.01. The molecule has 8 heavy (non-hydrogen) atoms. The van der Waals surface area contributed by atoms with E-state index in [-0.39, 0.29) is 0 Å². The monoisotopic (exact) mass is 123 g/mol. The summed E-state index contributed by atoms with van der Waals surface area (Å²) in [4.78, 5) is 0. The van der Waals surface area contributed by atoms with Crippen molar-refractivity contribution in [1.82, 2.24) is 0 Å². The van der Waals surface area contributed by atoms with E-state index in [1.807, 2.05) is 6.07 Å². The van der Waals surface area contributed by atoms with E-state index in [1.165, 1.54) is 13.9 Å². The number of hydrogen-bond acceptors (Lipinski definition) is 0. The Balaban J connectivity index is 2.83. The molecule has 1 aromatic carbocycles. The number of rotatable bonds is 1. The lowest BCUT2D eigenvalue weighted by Crippen LogP contribution is -1.87. The Morgan fingerprint density at radius 2 is 1.75 bits per heavy atom. The third kappa shape index (κ3) is 1.31. The summed E-state index contributed by atoms with van der Waals surface area (Å²) in [7, 11) is 1.35. The summed E-state index contributed by atoms with van der Waals surface area (Å²) in [5.41, 5.74) is 0. The van der Waals surface area contributed by atoms with Crippen LogP contribution < -0.4 is 5.30 Å². The van der Waals surface area contributed by atoms with Crippen LogP contribution in [0.3, 0.4) is 0 Å². The van der Waals surface area contributed by atoms with Gasteiger partial charge in [-0.1, -0.05) is 30.3 Å². The summed E-state index contributed by atoms with van der Waals surface area (Å²) in [5, 5.41) is 1.38. The Kier molecular flexibility index (Phi) is 2.05. The Bertz CT molecular complexity index is 146. The number of hydrogen-bond donors (Lipinski definition) is 0. The Morgan fingerprint density at radius 1 is 1.12 bits per heavy atom. The van der Waals surface area contributed by atoms with Crippen LogP contribution in [-0.2, 0) is 0 Å². The molecule has 1 radical (unpaired) electrons. The second-order valence-electron chi connectivity index (χ2n) is 1.56. The Hall–Kier alpha value is -0.350. The van der Waals surface area contributed by atoms with Gasteiger partial charge in [-0.2, -0.15) is 0 Å². The zero-order valence-electron chi connectivity index (χ0n) is 4.83. The van der Waals surface area contributed by atoms with Crippen molar-refractivity contribution < 1.29 is 0 Å². The van der Waals surface area contributed by atoms with Crippen molar-refractivity contribution in [3.63, 3.8) is 0 Å². The van der Waals surface area contributed by atoms with Gasteiger partial charge in [0, 0.05) is 0 Å². The normalized spacial score (nSPS) is 10.6. The van der Waals surface area contributed by atoms with E-state index in [4.69, 9.17) is 0 Å². The molecule has 0 saturated heterocycles. The highest BCUT2D eigenvalue weighted by atomic mass is 31.1. The van der Waals surface area contributed by atoms with E-state index in [0.29, 0.717) is 0 Å². The molecule has 0 aliphatic carbocycles. The Labute approximate surface area is 51.7 Å². The third-order valence-corrected chi connectivity index (χ3v) is 1.83. The van der Waals surface area contributed by atoms with Crippen molar-refractivity contribution in [3.05, 3.63) is 30.3 Å². The molecule has 0 atom stereocenters. The van der Waals surface area contributed by atoms with Crippen LogP contribution >= 0.6 is 8.58 Å². The molecule has 0 unspecified atom stereocenters. The van der Waals surface area contributed by atoms with Gasteiger partial charge in [0.25, 0.3) is 0 Å². The molecule has 0 aliphatic heterocycles. The van der Waals surface area contributed by atoms with Gasteiger partial charge in [0.15, 0.2) is 0 Å². The predicted molar refractivity (Wildman–Crippen MR) is 38.9 cm³/mol. The summed E-state index contributed by atoms with van der Waals surface area (Å²) in [6.07, 6.45) is 0. The highest BCUT2D eigenvalue weighted by Crippen LogP contribution is 2.00. The molecular formula is C7H8P. The highest BCUT2D eigenvalue weighted by molar-refractivity contribution is 7.46. The zero-order chi connectivity index (χ0) is 5.82. The fraction of sp³-hybridized carbons (Fsp3) is 0.143. The molecule has 0 nitrogen and oxygen atoms in total. The SMILES string of the molecule is C[P]c1ccccc1. The highest BCUT2D eigenvalue weighted by Gasteiger charge is 1.80. The van der Waals surface area contributed by atoms with Gasteiger partial charge >= 0.3 is 0 Å². The standard InChI is InChI=1S/C7H8P/c1-8-7-5-3-2-4-6-7/h2-6H,1H3. The maximum atomic E-state index is 2.13. The molecule has 0 heterocycles. The zero-order valence-corrected chi connectivity index (χ0v) is 5.73. The van der Waals surface area contributed by atoms with Crippen molar-refractivity contribution >= 4 is 13.9 Å². The number of benzene rings is 1. The molecule has 1 aromatic rings. The van der Waals surface area contributed by atoms with Gasteiger partial charge in [0.05, 0.1) is 0 Å². The van der Waals surface area contributed by atoms with E-state index < -0.39 is 0 Å². The predicted octanol–water partition coefficient (Wildman–Crippen LogP) is 1.89. The smallest absolute Gasteiger partial charge is 0.0196 e. The van der Waals surface area contributed by atoms with E-state index in [0.717, 1.165) is 0 Å². The van der Waals surface area contributed by atoms with Crippen LogP contribution in [0.15, 0.2) is 30.3 Å². The van der Waals surface area contributed by atoms with Crippen molar-refractivity contribution in [3.8, 4) is 0 Å². The minimum Gasteiger partial charge on any atom is -0.0622 e. The van der Waals surface area contributed by atoms with Gasteiger partial charge in [0.1, 0.15) is 0 Å². The van der Waals surface area contributed by atoms with E-state index in [1.54, 1.807) is 0 Å². The molecule has 0 aromatic heterocycles. The Morgan fingerprint density at radius 3 is 2.12 bits per heavy atom. The maximum Gasteiger partial charge on any atom is -0.0196 e. The topological polar surface area (TPSA) is 0 Å². The van der Waals surface area contributed by atoms with Crippen LogP contribution in [0.4, 0.5) is 0 Å². The van der Waals surface area contributed by atoms with Crippen LogP contribution in [0.2, 0.25) is 0 Å². The molecule has 1 heteroatoms. The second-order valence-corrected chi connectivity index (χ2v) is 2.52. The molecular weight excluding hydrogens is 115 g/mol. The molecule has 0 aliphatic rings. The molecule has 41 valence electrons. The van der Waals surface area contributed by atoms with Crippen molar-refractivity contribution in [1.29, 1.82) is 0 Å². The van der Waals surface area contributed by atoms with Crippen LogP contribution in [0.5, 0.6) is 0 Å². The van der Waals surface area contributed by atoms with Crippen LogP contribution in [0.25, 0.3) is 0 Å². The fourth-order valence-corrected chi connectivity index (χ4v) is 1.05. The van der Waals surface area contributed by atoms with Crippen LogP contribution in [-0.4, -0.2) is 6.66 Å². The lowest BCUT2D eigenvalue weighted by molar-refractivity contribution is 1.78. The van der Waals surface area contributed by atoms with Crippen molar-refractivity contribution in [2.24, 2.45) is 0 Å². The lowest BCUT2D eigenvalue weighted by Gasteiger charge is -1.88. The fourth-order valence-electron chi connectivity index (χ4n) is 0.577. The first-order valence-corrected chi connectivity index (χ1v) is 3.92. The summed E-state index contributed by atoms with van der Waals surface area (Å²) in [6.45, 7) is 2.13. The molecule has 0 spiro atoms. The van der Waals surface area contributed by atoms with Gasteiger partial charge in [0.2, 0.25) is 0 Å². The van der Waals surface area contributed by atoms with Gasteiger partial charge in [-0.05, 0) is 20.6 Å². The average Bonchev–Trinajstić information content (AvgIpc) is 1.90. The lowest BCUT2D eigenvalue weighted by atomic mass is 10.4. The average molecular weight is 123 g/mol. The summed E-state index contributed by atoms with van der Waals surface area (Å²) in [6, 6.07) is 10.4. The van der Waals surface area contributed by atoms with Crippen LogP contribution in [0, 0.1) is 0 Å². The molecule has 0 saturated carbocycles. The van der Waals surface area contributed by atoms with Crippen LogP contribution in [0.1, 0.15) is 0 Å². The summed E-state index contributed by atoms with van der Waals surface area (Å²) < 4.78 is 0. The largest absolute Gasteiger partial charge is 0.0622 e. The van der Waals surface area contributed by atoms with E-state index in [2.05, 4.69) is 30.9 Å². The minimum absolute atomic E-state index is 1.35. The molecule has 0 N–H and O–H groups in total. The maximum absolute atomic E-state index is 2.13. The molecule has 0 amide bonds. The van der Waals surface area contributed by atoms with E-state index in [9.17, 15) is 0 Å². The van der Waals surface area contributed by atoms with Gasteiger partial charge in [-0.3, -0.25) is 0 Å². The van der Waals surface area contributed by atoms with Gasteiger partial charge < -0.3 is 0 Å².